The van der Waals surface area contributed by atoms with E-state index in [1.54, 1.807) is 12.1 Å². The zero-order valence-electron chi connectivity index (χ0n) is 14.8. The Hall–Kier alpha value is -3.69. The van der Waals surface area contributed by atoms with Gasteiger partial charge in [0.2, 0.25) is 0 Å². The molecule has 4 nitrogen and oxygen atoms in total. The van der Waals surface area contributed by atoms with Gasteiger partial charge in [0.1, 0.15) is 11.6 Å². The molecule has 0 atom stereocenters. The third-order valence-electron chi connectivity index (χ3n) is 4.16. The van der Waals surface area contributed by atoms with E-state index in [1.807, 2.05) is 18.2 Å². The second kappa shape index (κ2) is 7.74. The van der Waals surface area contributed by atoms with E-state index in [4.69, 9.17) is 18.2 Å². The van der Waals surface area contributed by atoms with Crippen LogP contribution in [-0.2, 0) is 0 Å². The van der Waals surface area contributed by atoms with Crippen molar-refractivity contribution < 1.29 is 8.78 Å². The molecule has 0 radical (unpaired) electrons. The van der Waals surface area contributed by atoms with Gasteiger partial charge in [-0.3, -0.25) is 0 Å². The van der Waals surface area contributed by atoms with E-state index in [1.165, 1.54) is 30.3 Å². The van der Waals surface area contributed by atoms with Gasteiger partial charge >= 0.3 is 0 Å². The van der Waals surface area contributed by atoms with Crippen molar-refractivity contribution in [3.8, 4) is 34.2 Å². The molecule has 1 heterocycles. The zero-order chi connectivity index (χ0) is 20.4. The summed E-state index contributed by atoms with van der Waals surface area (Å²) >= 11 is 5.84. The van der Waals surface area contributed by atoms with Gasteiger partial charge in [-0.15, -0.1) is 0 Å². The summed E-state index contributed by atoms with van der Waals surface area (Å²) in [7, 11) is 0. The first-order valence-corrected chi connectivity index (χ1v) is 8.87. The summed E-state index contributed by atoms with van der Waals surface area (Å²) in [5, 5.41) is 0.236. The molecule has 1 aromatic heterocycles. The summed E-state index contributed by atoms with van der Waals surface area (Å²) in [6, 6.07) is 17.1. The van der Waals surface area contributed by atoms with Crippen LogP contribution in [-0.4, -0.2) is 15.0 Å². The summed E-state index contributed by atoms with van der Waals surface area (Å²) < 4.78 is 29.0. The zero-order valence-corrected chi connectivity index (χ0v) is 15.5. The Morgan fingerprint density at radius 3 is 2.10 bits per heavy atom. The van der Waals surface area contributed by atoms with Gasteiger partial charge in [0.15, 0.2) is 23.2 Å². The van der Waals surface area contributed by atoms with Crippen molar-refractivity contribution in [2.45, 2.75) is 0 Å². The molecule has 29 heavy (non-hydrogen) atoms. The molecule has 0 aliphatic heterocycles. The third-order valence-corrected chi connectivity index (χ3v) is 4.39. The van der Waals surface area contributed by atoms with Gasteiger partial charge in [0.25, 0.3) is 0 Å². The summed E-state index contributed by atoms with van der Waals surface area (Å²) in [4.78, 5) is 16.3. The van der Waals surface area contributed by atoms with E-state index in [2.05, 4.69) is 19.8 Å². The minimum Gasteiger partial charge on any atom is -0.238 e. The summed E-state index contributed by atoms with van der Waals surface area (Å²) in [6.45, 7) is 7.16. The fraction of sp³-hybridized carbons (Fsp3) is 0. The highest BCUT2D eigenvalue weighted by Crippen LogP contribution is 2.30. The molecule has 0 aliphatic rings. The van der Waals surface area contributed by atoms with Gasteiger partial charge in [-0.2, -0.15) is 0 Å². The lowest BCUT2D eigenvalue weighted by molar-refractivity contribution is 0.628. The van der Waals surface area contributed by atoms with Crippen molar-refractivity contribution in [2.24, 2.45) is 0 Å². The molecule has 0 N–H and O–H groups in total. The SMILES string of the molecule is [C-]#[N+]c1ccc(F)c(-c2nc(-c3ccccc3)nc(-c3ccc(Cl)cc3F)n2)c1. The molecule has 0 saturated carbocycles. The van der Waals surface area contributed by atoms with Crippen LogP contribution >= 0.6 is 11.6 Å². The number of benzene rings is 3. The van der Waals surface area contributed by atoms with Gasteiger partial charge in [-0.25, -0.2) is 28.6 Å². The van der Waals surface area contributed by atoms with Gasteiger partial charge < -0.3 is 0 Å². The van der Waals surface area contributed by atoms with E-state index >= 15 is 0 Å². The first kappa shape index (κ1) is 18.7. The van der Waals surface area contributed by atoms with E-state index in [9.17, 15) is 8.78 Å². The predicted molar refractivity (Wildman–Crippen MR) is 107 cm³/mol. The average Bonchev–Trinajstić information content (AvgIpc) is 2.74. The van der Waals surface area contributed by atoms with Crippen LogP contribution in [0, 0.1) is 18.2 Å². The van der Waals surface area contributed by atoms with Crippen molar-refractivity contribution in [1.29, 1.82) is 0 Å². The molecule has 0 amide bonds. The molecule has 0 aliphatic carbocycles. The van der Waals surface area contributed by atoms with Gasteiger partial charge in [-0.1, -0.05) is 48.0 Å². The molecule has 140 valence electrons. The highest BCUT2D eigenvalue weighted by molar-refractivity contribution is 6.30. The van der Waals surface area contributed by atoms with Crippen molar-refractivity contribution >= 4 is 17.3 Å². The van der Waals surface area contributed by atoms with E-state index in [0.29, 0.717) is 5.56 Å². The van der Waals surface area contributed by atoms with E-state index in [-0.39, 0.29) is 39.3 Å². The van der Waals surface area contributed by atoms with Crippen LogP contribution in [0.1, 0.15) is 0 Å². The monoisotopic (exact) mass is 404 g/mol. The molecule has 0 saturated heterocycles. The molecular weight excluding hydrogens is 394 g/mol. The standard InChI is InChI=1S/C22H11ClF2N4/c1-26-15-8-10-18(24)17(12-15)22-28-20(13-5-3-2-4-6-13)27-21(29-22)16-9-7-14(23)11-19(16)25/h2-12H. The predicted octanol–water partition coefficient (Wildman–Crippen LogP) is 6.35. The van der Waals surface area contributed by atoms with Crippen LogP contribution in [0.4, 0.5) is 14.5 Å². The van der Waals surface area contributed by atoms with Crippen LogP contribution in [0.3, 0.4) is 0 Å². The summed E-state index contributed by atoms with van der Waals surface area (Å²) in [6.07, 6.45) is 0. The lowest BCUT2D eigenvalue weighted by Gasteiger charge is -2.10. The Morgan fingerprint density at radius 1 is 0.724 bits per heavy atom. The number of aromatic nitrogens is 3. The third kappa shape index (κ3) is 3.82. The lowest BCUT2D eigenvalue weighted by Crippen LogP contribution is -2.02. The van der Waals surface area contributed by atoms with E-state index in [0.717, 1.165) is 6.07 Å². The number of hydrogen-bond donors (Lipinski definition) is 0. The Labute approximate surface area is 170 Å². The Kier molecular flexibility index (Phi) is 4.98. The maximum atomic E-state index is 14.5. The summed E-state index contributed by atoms with van der Waals surface area (Å²) in [5.41, 5.74) is 1.04. The highest BCUT2D eigenvalue weighted by Gasteiger charge is 2.17. The lowest BCUT2D eigenvalue weighted by atomic mass is 10.1. The van der Waals surface area contributed by atoms with Crippen molar-refractivity contribution in [1.82, 2.24) is 15.0 Å². The van der Waals surface area contributed by atoms with Crippen LogP contribution in [0.15, 0.2) is 66.7 Å². The fourth-order valence-electron chi connectivity index (χ4n) is 2.76. The van der Waals surface area contributed by atoms with Crippen LogP contribution in [0.25, 0.3) is 39.0 Å². The molecule has 0 bridgehead atoms. The Bertz CT molecular complexity index is 1250. The summed E-state index contributed by atoms with van der Waals surface area (Å²) in [5.74, 6) is -0.899. The number of nitrogens with zero attached hydrogens (tertiary/aromatic N) is 4. The first-order valence-electron chi connectivity index (χ1n) is 8.49. The van der Waals surface area contributed by atoms with Crippen LogP contribution in [0.5, 0.6) is 0 Å². The number of rotatable bonds is 3. The van der Waals surface area contributed by atoms with Crippen molar-refractivity contribution in [2.75, 3.05) is 0 Å². The second-order valence-electron chi connectivity index (χ2n) is 6.07. The molecule has 0 spiro atoms. The van der Waals surface area contributed by atoms with Crippen molar-refractivity contribution in [3.05, 3.63) is 94.8 Å². The molecule has 0 unspecified atom stereocenters. The molecule has 0 fully saturated rings. The average molecular weight is 405 g/mol. The van der Waals surface area contributed by atoms with Gasteiger partial charge in [0.05, 0.1) is 12.1 Å². The van der Waals surface area contributed by atoms with Crippen LogP contribution in [0.2, 0.25) is 5.02 Å². The maximum absolute atomic E-state index is 14.5. The maximum Gasteiger partial charge on any atom is 0.188 e. The molecule has 4 aromatic rings. The second-order valence-corrected chi connectivity index (χ2v) is 6.51. The largest absolute Gasteiger partial charge is 0.238 e. The first-order chi connectivity index (χ1) is 14.0. The topological polar surface area (TPSA) is 43.0 Å². The van der Waals surface area contributed by atoms with Crippen LogP contribution < -0.4 is 0 Å². The highest BCUT2D eigenvalue weighted by atomic mass is 35.5. The Morgan fingerprint density at radius 2 is 1.41 bits per heavy atom. The Balaban J connectivity index is 1.98. The van der Waals surface area contributed by atoms with Gasteiger partial charge in [-0.05, 0) is 30.3 Å². The molecule has 4 rings (SSSR count). The fourth-order valence-corrected chi connectivity index (χ4v) is 2.92. The number of halogens is 3. The minimum atomic E-state index is -0.607. The quantitative estimate of drug-likeness (QED) is 0.373. The molecular formula is C22H11ClF2N4. The van der Waals surface area contributed by atoms with Crippen molar-refractivity contribution in [3.63, 3.8) is 0 Å². The normalized spacial score (nSPS) is 10.6. The smallest absolute Gasteiger partial charge is 0.188 e. The minimum absolute atomic E-state index is 0.00574. The molecule has 7 heteroatoms. The molecule has 3 aromatic carbocycles. The van der Waals surface area contributed by atoms with E-state index < -0.39 is 11.6 Å². The number of hydrogen-bond acceptors (Lipinski definition) is 3. The van der Waals surface area contributed by atoms with Gasteiger partial charge in [0, 0.05) is 16.1 Å².